The molecule has 0 aliphatic carbocycles. The molecule has 0 saturated heterocycles. The Hall–Kier alpha value is -1.17. The fourth-order valence-corrected chi connectivity index (χ4v) is 1.20. The summed E-state index contributed by atoms with van der Waals surface area (Å²) in [5.41, 5.74) is 0.866. The minimum Gasteiger partial charge on any atom is -0.307 e. The van der Waals surface area contributed by atoms with E-state index in [0.29, 0.717) is 11.1 Å². The summed E-state index contributed by atoms with van der Waals surface area (Å²) in [5, 5.41) is 2.17. The van der Waals surface area contributed by atoms with Crippen molar-refractivity contribution in [2.75, 3.05) is 6.54 Å². The van der Waals surface area contributed by atoms with Crippen molar-refractivity contribution in [1.29, 1.82) is 0 Å². The zero-order valence-electron chi connectivity index (χ0n) is 9.11. The number of hydrogen-bond donors (Lipinski definition) is 1. The highest BCUT2D eigenvalue weighted by Crippen LogP contribution is 2.21. The lowest BCUT2D eigenvalue weighted by Crippen LogP contribution is -2.38. The van der Waals surface area contributed by atoms with Gasteiger partial charge in [0.05, 0.1) is 6.54 Å². The molecule has 0 heterocycles. The van der Waals surface area contributed by atoms with E-state index < -0.39 is 24.7 Å². The molecule has 0 bridgehead atoms. The quantitative estimate of drug-likeness (QED) is 0.795. The van der Waals surface area contributed by atoms with Crippen molar-refractivity contribution < 1.29 is 22.0 Å². The predicted octanol–water partition coefficient (Wildman–Crippen LogP) is 3.12. The SMILES string of the molecule is Cc1ccc(CNCC(F)(F)C(F)F)cc1F. The maximum absolute atomic E-state index is 13.1. The van der Waals surface area contributed by atoms with Crippen LogP contribution in [0.2, 0.25) is 0 Å². The number of aryl methyl sites for hydroxylation is 1. The lowest BCUT2D eigenvalue weighted by Gasteiger charge is -2.15. The Morgan fingerprint density at radius 1 is 1.29 bits per heavy atom. The standard InChI is InChI=1S/C11H12F5N/c1-7-2-3-8(4-9(7)12)5-17-6-11(15,16)10(13)14/h2-4,10,17H,5-6H2,1H3. The molecule has 0 aliphatic heterocycles. The van der Waals surface area contributed by atoms with Crippen LogP contribution < -0.4 is 5.32 Å². The van der Waals surface area contributed by atoms with Crippen molar-refractivity contribution in [3.63, 3.8) is 0 Å². The number of nitrogens with one attached hydrogen (secondary N) is 1. The van der Waals surface area contributed by atoms with Crippen LogP contribution in [0.15, 0.2) is 18.2 Å². The Balaban J connectivity index is 2.49. The van der Waals surface area contributed by atoms with E-state index in [1.54, 1.807) is 13.0 Å². The summed E-state index contributed by atoms with van der Waals surface area (Å²) in [6.07, 6.45) is -3.70. The van der Waals surface area contributed by atoms with E-state index in [1.807, 2.05) is 0 Å². The smallest absolute Gasteiger partial charge is 0.307 e. The first-order valence-corrected chi connectivity index (χ1v) is 4.94. The summed E-state index contributed by atoms with van der Waals surface area (Å²) in [5.74, 6) is -4.52. The van der Waals surface area contributed by atoms with E-state index in [9.17, 15) is 22.0 Å². The third-order valence-corrected chi connectivity index (χ3v) is 2.25. The van der Waals surface area contributed by atoms with Crippen molar-refractivity contribution in [1.82, 2.24) is 5.32 Å². The van der Waals surface area contributed by atoms with Gasteiger partial charge in [0.15, 0.2) is 0 Å². The number of rotatable bonds is 5. The summed E-state index contributed by atoms with van der Waals surface area (Å²) in [6, 6.07) is 4.23. The minimum atomic E-state index is -4.07. The highest BCUT2D eigenvalue weighted by molar-refractivity contribution is 5.23. The number of alkyl halides is 4. The first kappa shape index (κ1) is 13.9. The van der Waals surface area contributed by atoms with Crippen LogP contribution in [0.25, 0.3) is 0 Å². The molecule has 0 saturated carbocycles. The van der Waals surface area contributed by atoms with Gasteiger partial charge < -0.3 is 5.32 Å². The molecule has 17 heavy (non-hydrogen) atoms. The molecular formula is C11H12F5N. The van der Waals surface area contributed by atoms with Crippen LogP contribution in [0.1, 0.15) is 11.1 Å². The summed E-state index contributed by atoms with van der Waals surface area (Å²) < 4.78 is 61.7. The monoisotopic (exact) mass is 253 g/mol. The average molecular weight is 253 g/mol. The molecule has 0 fully saturated rings. The van der Waals surface area contributed by atoms with Crippen LogP contribution in [0.3, 0.4) is 0 Å². The van der Waals surface area contributed by atoms with E-state index in [1.165, 1.54) is 12.1 Å². The molecule has 1 aromatic carbocycles. The molecule has 0 unspecified atom stereocenters. The number of benzene rings is 1. The fraction of sp³-hybridized carbons (Fsp3) is 0.455. The molecule has 0 amide bonds. The lowest BCUT2D eigenvalue weighted by atomic mass is 10.1. The Morgan fingerprint density at radius 3 is 2.47 bits per heavy atom. The van der Waals surface area contributed by atoms with Crippen molar-refractivity contribution in [3.05, 3.63) is 35.1 Å². The molecule has 6 heteroatoms. The van der Waals surface area contributed by atoms with Crippen LogP contribution >= 0.6 is 0 Å². The molecular weight excluding hydrogens is 241 g/mol. The molecule has 0 spiro atoms. The molecule has 1 nitrogen and oxygen atoms in total. The van der Waals surface area contributed by atoms with Crippen molar-refractivity contribution in [2.24, 2.45) is 0 Å². The summed E-state index contributed by atoms with van der Waals surface area (Å²) in [7, 11) is 0. The highest BCUT2D eigenvalue weighted by atomic mass is 19.3. The lowest BCUT2D eigenvalue weighted by molar-refractivity contribution is -0.125. The normalized spacial score (nSPS) is 12.2. The molecule has 1 N–H and O–H groups in total. The fourth-order valence-electron chi connectivity index (χ4n) is 1.20. The van der Waals surface area contributed by atoms with Gasteiger partial charge in [-0.05, 0) is 24.1 Å². The van der Waals surface area contributed by atoms with Gasteiger partial charge in [0, 0.05) is 6.54 Å². The topological polar surface area (TPSA) is 12.0 Å². The zero-order chi connectivity index (χ0) is 13.1. The second-order valence-electron chi connectivity index (χ2n) is 3.75. The summed E-state index contributed by atoms with van der Waals surface area (Å²) in [6.45, 7) is 0.344. The first-order chi connectivity index (χ1) is 7.83. The van der Waals surface area contributed by atoms with Gasteiger partial charge in [0.2, 0.25) is 0 Å². The van der Waals surface area contributed by atoms with E-state index in [2.05, 4.69) is 5.32 Å². The molecule has 0 aliphatic rings. The van der Waals surface area contributed by atoms with Crippen LogP contribution in [-0.4, -0.2) is 18.9 Å². The van der Waals surface area contributed by atoms with Gasteiger partial charge in [-0.25, -0.2) is 13.2 Å². The molecule has 1 aromatic rings. The third-order valence-electron chi connectivity index (χ3n) is 2.25. The minimum absolute atomic E-state index is 0.0838. The van der Waals surface area contributed by atoms with Gasteiger partial charge >= 0.3 is 12.3 Å². The Morgan fingerprint density at radius 2 is 1.94 bits per heavy atom. The molecule has 96 valence electrons. The maximum atomic E-state index is 13.1. The summed E-state index contributed by atoms with van der Waals surface area (Å²) >= 11 is 0. The number of hydrogen-bond acceptors (Lipinski definition) is 1. The van der Waals surface area contributed by atoms with Crippen molar-refractivity contribution in [3.8, 4) is 0 Å². The molecule has 0 aromatic heterocycles. The largest absolute Gasteiger partial charge is 0.319 e. The van der Waals surface area contributed by atoms with Crippen molar-refractivity contribution in [2.45, 2.75) is 25.8 Å². The first-order valence-electron chi connectivity index (χ1n) is 4.94. The maximum Gasteiger partial charge on any atom is 0.319 e. The summed E-state index contributed by atoms with van der Waals surface area (Å²) in [4.78, 5) is 0. The molecule has 0 radical (unpaired) electrons. The second kappa shape index (κ2) is 5.44. The van der Waals surface area contributed by atoms with E-state index in [0.717, 1.165) is 0 Å². The van der Waals surface area contributed by atoms with E-state index in [4.69, 9.17) is 0 Å². The number of halogens is 5. The predicted molar refractivity (Wildman–Crippen MR) is 53.8 cm³/mol. The van der Waals surface area contributed by atoms with Gasteiger partial charge in [-0.15, -0.1) is 0 Å². The Labute approximate surface area is 95.6 Å². The van der Waals surface area contributed by atoms with Gasteiger partial charge in [-0.1, -0.05) is 12.1 Å². The van der Waals surface area contributed by atoms with Crippen LogP contribution in [0.5, 0.6) is 0 Å². The average Bonchev–Trinajstić information content (AvgIpc) is 2.23. The van der Waals surface area contributed by atoms with Gasteiger partial charge in [-0.2, -0.15) is 8.78 Å². The van der Waals surface area contributed by atoms with Gasteiger partial charge in [0.1, 0.15) is 5.82 Å². The van der Waals surface area contributed by atoms with Crippen molar-refractivity contribution >= 4 is 0 Å². The Kier molecular flexibility index (Phi) is 4.45. The molecule has 1 rings (SSSR count). The van der Waals surface area contributed by atoms with Crippen LogP contribution in [-0.2, 0) is 6.54 Å². The van der Waals surface area contributed by atoms with Gasteiger partial charge in [-0.3, -0.25) is 0 Å². The third kappa shape index (κ3) is 3.96. The van der Waals surface area contributed by atoms with Crippen LogP contribution in [0, 0.1) is 12.7 Å². The molecule has 0 atom stereocenters. The highest BCUT2D eigenvalue weighted by Gasteiger charge is 2.39. The van der Waals surface area contributed by atoms with E-state index in [-0.39, 0.29) is 6.54 Å². The zero-order valence-corrected chi connectivity index (χ0v) is 9.11. The van der Waals surface area contributed by atoms with E-state index >= 15 is 0 Å². The Bertz CT molecular complexity index is 378. The van der Waals surface area contributed by atoms with Crippen LogP contribution in [0.4, 0.5) is 22.0 Å². The second-order valence-corrected chi connectivity index (χ2v) is 3.75. The van der Waals surface area contributed by atoms with Gasteiger partial charge in [0.25, 0.3) is 0 Å².